The molecule has 280 valence electrons. The lowest BCUT2D eigenvalue weighted by Crippen LogP contribution is -2.63. The fourth-order valence-electron chi connectivity index (χ4n) is 7.64. The lowest BCUT2D eigenvalue weighted by molar-refractivity contribution is -0.156. The van der Waals surface area contributed by atoms with E-state index in [4.69, 9.17) is 0 Å². The molecule has 0 unspecified atom stereocenters. The molecule has 0 saturated carbocycles. The first-order valence-electron chi connectivity index (χ1n) is 18.8. The van der Waals surface area contributed by atoms with Gasteiger partial charge in [0.2, 0.25) is 35.4 Å². The van der Waals surface area contributed by atoms with Gasteiger partial charge in [-0.15, -0.1) is 0 Å². The van der Waals surface area contributed by atoms with E-state index >= 15 is 0 Å². The van der Waals surface area contributed by atoms with Gasteiger partial charge in [-0.1, -0.05) is 80.9 Å². The molecule has 3 aliphatic heterocycles. The topological polar surface area (TPSA) is 139 Å². The zero-order valence-corrected chi connectivity index (χ0v) is 31.1. The Morgan fingerprint density at radius 2 is 1.23 bits per heavy atom. The number of benzene rings is 2. The van der Waals surface area contributed by atoms with E-state index in [1.54, 1.807) is 30.8 Å². The number of nitrogens with zero attached hydrogens (tertiary/aromatic N) is 4. The van der Waals surface area contributed by atoms with Gasteiger partial charge in [0.1, 0.15) is 36.3 Å². The van der Waals surface area contributed by atoms with Crippen LogP contribution in [0.1, 0.15) is 70.4 Å². The minimum Gasteiger partial charge on any atom is -0.342 e. The maximum Gasteiger partial charge on any atom is 0.246 e. The van der Waals surface area contributed by atoms with Crippen molar-refractivity contribution in [3.63, 3.8) is 0 Å². The zero-order chi connectivity index (χ0) is 37.5. The molecule has 3 fully saturated rings. The number of fused-ring (bicyclic) bond motifs is 2. The molecule has 2 N–H and O–H groups in total. The van der Waals surface area contributed by atoms with Crippen LogP contribution in [0.2, 0.25) is 0 Å². The number of hydrogen-bond donors (Lipinski definition) is 2. The zero-order valence-electron chi connectivity index (χ0n) is 31.1. The van der Waals surface area contributed by atoms with Gasteiger partial charge in [0.05, 0.1) is 0 Å². The molecule has 3 aliphatic rings. The van der Waals surface area contributed by atoms with Crippen molar-refractivity contribution in [3.8, 4) is 0 Å². The Balaban J connectivity index is 1.58. The molecule has 3 heterocycles. The van der Waals surface area contributed by atoms with Gasteiger partial charge < -0.3 is 30.2 Å². The molecular weight excluding hydrogens is 660 g/mol. The Labute approximate surface area is 307 Å². The minimum absolute atomic E-state index is 0.162. The van der Waals surface area contributed by atoms with Crippen molar-refractivity contribution < 1.29 is 28.8 Å². The minimum atomic E-state index is -1.05. The van der Waals surface area contributed by atoms with Crippen molar-refractivity contribution in [3.05, 3.63) is 71.8 Å². The average molecular weight is 715 g/mol. The predicted octanol–water partition coefficient (Wildman–Crippen LogP) is 2.55. The summed E-state index contributed by atoms with van der Waals surface area (Å²) >= 11 is 0. The molecule has 6 amide bonds. The first-order valence-corrected chi connectivity index (χ1v) is 18.8. The maximum atomic E-state index is 14.6. The van der Waals surface area contributed by atoms with E-state index in [2.05, 4.69) is 10.6 Å². The summed E-state index contributed by atoms with van der Waals surface area (Å²) in [6.45, 7) is 6.09. The van der Waals surface area contributed by atoms with Gasteiger partial charge in [-0.2, -0.15) is 0 Å². The molecule has 0 bridgehead atoms. The van der Waals surface area contributed by atoms with Crippen LogP contribution < -0.4 is 10.6 Å². The normalized spacial score (nSPS) is 27.7. The number of piperidine rings is 1. The number of likely N-dealkylation sites (N-methyl/N-ethyl adjacent to an activating group) is 2. The highest BCUT2D eigenvalue weighted by atomic mass is 16.2. The monoisotopic (exact) mass is 714 g/mol. The SMILES string of the molecule is CC[C@H](C)[C@@H]1NC(=O)[C@@H](Cc2ccccc2)NC(=O)[C@@H]2CCCN2C(=O)[C@@H](Cc2ccccc2)N(C)C(=O)[C@@H]2CCCCN2C(=O)[C@@H](C)N(C)C1=O. The molecule has 12 nitrogen and oxygen atoms in total. The van der Waals surface area contributed by atoms with E-state index in [1.807, 2.05) is 74.5 Å². The van der Waals surface area contributed by atoms with Crippen LogP contribution in [0, 0.1) is 5.92 Å². The summed E-state index contributed by atoms with van der Waals surface area (Å²) in [4.78, 5) is 91.7. The summed E-state index contributed by atoms with van der Waals surface area (Å²) in [6.07, 6.45) is 3.79. The van der Waals surface area contributed by atoms with Crippen LogP contribution in [0.5, 0.6) is 0 Å². The molecule has 0 radical (unpaired) electrons. The number of hydrogen-bond acceptors (Lipinski definition) is 6. The Morgan fingerprint density at radius 1 is 0.654 bits per heavy atom. The van der Waals surface area contributed by atoms with Gasteiger partial charge >= 0.3 is 0 Å². The van der Waals surface area contributed by atoms with Crippen molar-refractivity contribution in [1.29, 1.82) is 0 Å². The van der Waals surface area contributed by atoms with Gasteiger partial charge in [-0.05, 0) is 56.1 Å². The lowest BCUT2D eigenvalue weighted by atomic mass is 9.95. The molecule has 5 rings (SSSR count). The van der Waals surface area contributed by atoms with Crippen molar-refractivity contribution in [2.45, 2.75) is 108 Å². The van der Waals surface area contributed by atoms with Gasteiger partial charge in [0, 0.05) is 40.0 Å². The molecule has 52 heavy (non-hydrogen) atoms. The molecule has 12 heteroatoms. The maximum absolute atomic E-state index is 14.6. The highest BCUT2D eigenvalue weighted by Gasteiger charge is 2.44. The fourth-order valence-corrected chi connectivity index (χ4v) is 7.64. The molecule has 0 aliphatic carbocycles. The number of carbonyl (C=O) groups is 6. The average Bonchev–Trinajstić information content (AvgIpc) is 3.67. The van der Waals surface area contributed by atoms with E-state index < -0.39 is 54.0 Å². The summed E-state index contributed by atoms with van der Waals surface area (Å²) in [5.41, 5.74) is 1.66. The number of amides is 6. The van der Waals surface area contributed by atoms with E-state index in [9.17, 15) is 28.8 Å². The van der Waals surface area contributed by atoms with E-state index in [0.717, 1.165) is 17.5 Å². The Kier molecular flexibility index (Phi) is 12.7. The second-order valence-corrected chi connectivity index (χ2v) is 14.6. The van der Waals surface area contributed by atoms with Crippen molar-refractivity contribution in [2.24, 2.45) is 5.92 Å². The van der Waals surface area contributed by atoms with Gasteiger partial charge in [-0.3, -0.25) is 28.8 Å². The first-order chi connectivity index (χ1) is 24.9. The quantitative estimate of drug-likeness (QED) is 0.472. The second-order valence-electron chi connectivity index (χ2n) is 14.6. The second kappa shape index (κ2) is 17.2. The highest BCUT2D eigenvalue weighted by molar-refractivity contribution is 5.98. The van der Waals surface area contributed by atoms with Crippen LogP contribution in [-0.4, -0.2) is 118 Å². The van der Waals surface area contributed by atoms with Crippen molar-refractivity contribution in [2.75, 3.05) is 27.2 Å². The number of nitrogens with one attached hydrogen (secondary N) is 2. The number of rotatable bonds is 6. The summed E-state index contributed by atoms with van der Waals surface area (Å²) in [5.74, 6) is -2.77. The van der Waals surface area contributed by atoms with Crippen molar-refractivity contribution >= 4 is 35.4 Å². The fraction of sp³-hybridized carbons (Fsp3) is 0.550. The smallest absolute Gasteiger partial charge is 0.246 e. The third-order valence-corrected chi connectivity index (χ3v) is 11.3. The Bertz CT molecular complexity index is 1600. The third-order valence-electron chi connectivity index (χ3n) is 11.3. The predicted molar refractivity (Wildman–Crippen MR) is 196 cm³/mol. The van der Waals surface area contributed by atoms with Gasteiger partial charge in [0.25, 0.3) is 0 Å². The summed E-state index contributed by atoms with van der Waals surface area (Å²) in [6, 6.07) is 13.2. The molecule has 7 atom stereocenters. The first kappa shape index (κ1) is 38.5. The van der Waals surface area contributed by atoms with Gasteiger partial charge in [-0.25, -0.2) is 0 Å². The van der Waals surface area contributed by atoms with Crippen LogP contribution in [0.25, 0.3) is 0 Å². The van der Waals surface area contributed by atoms with Crippen LogP contribution >= 0.6 is 0 Å². The standard InChI is InChI=1S/C40H54N6O6/c1-6-26(2)34-40(52)43(4)27(3)37(49)46-22-14-13-20-32(46)38(50)44(5)33(25-29-18-11-8-12-19-29)39(51)45-23-15-21-31(45)36(48)41-30(35(47)42-34)24-28-16-9-7-10-17-28/h7-12,16-19,26-27,30-34H,6,13-15,20-25H2,1-5H3,(H,41,48)(H,42,47)/t26-,27+,30+,31-,32-,33+,34-/m0/s1. The van der Waals surface area contributed by atoms with Crippen LogP contribution in [0.4, 0.5) is 0 Å². The molecule has 2 aromatic carbocycles. The Morgan fingerprint density at radius 3 is 1.87 bits per heavy atom. The molecule has 0 spiro atoms. The summed E-state index contributed by atoms with van der Waals surface area (Å²) < 4.78 is 0. The van der Waals surface area contributed by atoms with Crippen LogP contribution in [-0.2, 0) is 41.6 Å². The summed E-state index contributed by atoms with van der Waals surface area (Å²) in [5, 5.41) is 5.88. The van der Waals surface area contributed by atoms with E-state index in [0.29, 0.717) is 45.2 Å². The largest absolute Gasteiger partial charge is 0.342 e. The third kappa shape index (κ3) is 8.48. The van der Waals surface area contributed by atoms with Gasteiger partial charge in [0.15, 0.2) is 0 Å². The highest BCUT2D eigenvalue weighted by Crippen LogP contribution is 2.26. The van der Waals surface area contributed by atoms with E-state index in [1.165, 1.54) is 9.80 Å². The lowest BCUT2D eigenvalue weighted by Gasteiger charge is -2.42. The molecule has 0 aromatic heterocycles. The van der Waals surface area contributed by atoms with E-state index in [-0.39, 0.29) is 36.5 Å². The summed E-state index contributed by atoms with van der Waals surface area (Å²) in [7, 11) is 3.15. The molecular formula is C40H54N6O6. The Hall–Kier alpha value is -4.74. The molecule has 3 saturated heterocycles. The molecule has 2 aromatic rings. The van der Waals surface area contributed by atoms with Crippen LogP contribution in [0.3, 0.4) is 0 Å². The number of carbonyl (C=O) groups excluding carboxylic acids is 6. The van der Waals surface area contributed by atoms with Crippen LogP contribution in [0.15, 0.2) is 60.7 Å². The van der Waals surface area contributed by atoms with Crippen molar-refractivity contribution in [1.82, 2.24) is 30.2 Å².